The van der Waals surface area contributed by atoms with Crippen LogP contribution in [0.25, 0.3) is 0 Å². The maximum absolute atomic E-state index is 12.3. The van der Waals surface area contributed by atoms with Crippen LogP contribution >= 0.6 is 0 Å². The first-order valence-electron chi connectivity index (χ1n) is 6.95. The van der Waals surface area contributed by atoms with Crippen molar-refractivity contribution < 1.29 is 9.53 Å². The molecule has 0 aromatic carbocycles. The highest BCUT2D eigenvalue weighted by atomic mass is 16.6. The van der Waals surface area contributed by atoms with Crippen molar-refractivity contribution in [3.8, 4) is 0 Å². The van der Waals surface area contributed by atoms with Crippen LogP contribution in [-0.4, -0.2) is 17.5 Å². The van der Waals surface area contributed by atoms with E-state index in [0.29, 0.717) is 11.7 Å². The fourth-order valence-electron chi connectivity index (χ4n) is 2.68. The standard InChI is InChI=1S/C14H24O2/c1-3-5-9-14(10-6-4-2)13(15)12(16-14)11-7-8-11/h11-12H,3-10H2,1-2H3/t12-/m0/s1. The summed E-state index contributed by atoms with van der Waals surface area (Å²) in [7, 11) is 0. The Balaban J connectivity index is 1.91. The van der Waals surface area contributed by atoms with Crippen LogP contribution in [0.5, 0.6) is 0 Å². The molecule has 0 N–H and O–H groups in total. The van der Waals surface area contributed by atoms with E-state index in [1.807, 2.05) is 0 Å². The van der Waals surface area contributed by atoms with Gasteiger partial charge < -0.3 is 4.74 Å². The van der Waals surface area contributed by atoms with Gasteiger partial charge in [-0.05, 0) is 31.6 Å². The summed E-state index contributed by atoms with van der Waals surface area (Å²) in [6, 6.07) is 0. The first-order valence-corrected chi connectivity index (χ1v) is 6.95. The third-order valence-electron chi connectivity index (χ3n) is 3.98. The van der Waals surface area contributed by atoms with Crippen molar-refractivity contribution in [2.24, 2.45) is 5.92 Å². The van der Waals surface area contributed by atoms with Crippen LogP contribution < -0.4 is 0 Å². The van der Waals surface area contributed by atoms with Crippen LogP contribution in [0.1, 0.15) is 65.2 Å². The van der Waals surface area contributed by atoms with E-state index in [1.54, 1.807) is 0 Å². The zero-order valence-corrected chi connectivity index (χ0v) is 10.6. The van der Waals surface area contributed by atoms with Gasteiger partial charge in [-0.3, -0.25) is 4.79 Å². The van der Waals surface area contributed by atoms with Crippen molar-refractivity contribution in [3.63, 3.8) is 0 Å². The van der Waals surface area contributed by atoms with Gasteiger partial charge in [0.2, 0.25) is 0 Å². The van der Waals surface area contributed by atoms with E-state index in [2.05, 4.69) is 13.8 Å². The molecule has 0 unspecified atom stereocenters. The molecule has 0 bridgehead atoms. The van der Waals surface area contributed by atoms with Gasteiger partial charge in [-0.1, -0.05) is 39.5 Å². The second kappa shape index (κ2) is 4.87. The third-order valence-corrected chi connectivity index (χ3v) is 3.98. The summed E-state index contributed by atoms with van der Waals surface area (Å²) in [5, 5.41) is 0. The van der Waals surface area contributed by atoms with Crippen LogP contribution in [0.3, 0.4) is 0 Å². The minimum Gasteiger partial charge on any atom is -0.356 e. The fraction of sp³-hybridized carbons (Fsp3) is 0.929. The van der Waals surface area contributed by atoms with Crippen LogP contribution in [-0.2, 0) is 9.53 Å². The van der Waals surface area contributed by atoms with Gasteiger partial charge in [0.1, 0.15) is 11.7 Å². The van der Waals surface area contributed by atoms with E-state index in [-0.39, 0.29) is 11.7 Å². The lowest BCUT2D eigenvalue weighted by Crippen LogP contribution is -2.61. The first-order chi connectivity index (χ1) is 7.73. The number of ketones is 1. The lowest BCUT2D eigenvalue weighted by molar-refractivity contribution is -0.210. The Bertz CT molecular complexity index is 247. The van der Waals surface area contributed by atoms with Gasteiger partial charge in [0.15, 0.2) is 5.78 Å². The summed E-state index contributed by atoms with van der Waals surface area (Å²) in [6.45, 7) is 4.35. The van der Waals surface area contributed by atoms with Crippen molar-refractivity contribution in [1.29, 1.82) is 0 Å². The molecule has 2 heteroatoms. The molecule has 2 nitrogen and oxygen atoms in total. The van der Waals surface area contributed by atoms with Gasteiger partial charge in [0.25, 0.3) is 0 Å². The molecule has 1 aliphatic carbocycles. The SMILES string of the molecule is CCCCC1(CCCC)O[C@@H](C2CC2)C1=O. The Morgan fingerprint density at radius 2 is 1.75 bits per heavy atom. The second-order valence-corrected chi connectivity index (χ2v) is 5.44. The zero-order valence-electron chi connectivity index (χ0n) is 10.6. The summed E-state index contributed by atoms with van der Waals surface area (Å²) >= 11 is 0. The molecule has 0 radical (unpaired) electrons. The molecule has 0 aromatic heterocycles. The van der Waals surface area contributed by atoms with Gasteiger partial charge in [-0.15, -0.1) is 0 Å². The van der Waals surface area contributed by atoms with Crippen molar-refractivity contribution in [2.75, 3.05) is 0 Å². The molecule has 16 heavy (non-hydrogen) atoms. The van der Waals surface area contributed by atoms with Crippen LogP contribution in [0.15, 0.2) is 0 Å². The predicted molar refractivity (Wildman–Crippen MR) is 64.4 cm³/mol. The maximum Gasteiger partial charge on any atom is 0.193 e. The van der Waals surface area contributed by atoms with Gasteiger partial charge in [0.05, 0.1) is 0 Å². The van der Waals surface area contributed by atoms with E-state index >= 15 is 0 Å². The van der Waals surface area contributed by atoms with Gasteiger partial charge in [-0.2, -0.15) is 0 Å². The molecule has 1 saturated carbocycles. The molecule has 0 aromatic rings. The van der Waals surface area contributed by atoms with Crippen LogP contribution in [0, 0.1) is 5.92 Å². The monoisotopic (exact) mass is 224 g/mol. The summed E-state index contributed by atoms with van der Waals surface area (Å²) in [5.41, 5.74) is -0.362. The van der Waals surface area contributed by atoms with Crippen molar-refractivity contribution >= 4 is 5.78 Å². The lowest BCUT2D eigenvalue weighted by Gasteiger charge is -2.46. The van der Waals surface area contributed by atoms with Crippen molar-refractivity contribution in [2.45, 2.75) is 76.9 Å². The number of Topliss-reactive ketones (excluding diaryl/α,β-unsaturated/α-hetero) is 1. The first kappa shape index (κ1) is 12.1. The molecule has 0 spiro atoms. The highest BCUT2D eigenvalue weighted by Crippen LogP contribution is 2.47. The number of carbonyl (C=O) groups is 1. The predicted octanol–water partition coefficient (Wildman–Crippen LogP) is 3.48. The highest BCUT2D eigenvalue weighted by molar-refractivity contribution is 5.96. The largest absolute Gasteiger partial charge is 0.356 e. The molecule has 2 aliphatic rings. The molecule has 1 aliphatic heterocycles. The highest BCUT2D eigenvalue weighted by Gasteiger charge is 2.58. The summed E-state index contributed by atoms with van der Waals surface area (Å²) in [5.74, 6) is 1.00. The van der Waals surface area contributed by atoms with Crippen molar-refractivity contribution in [3.05, 3.63) is 0 Å². The molecular formula is C14H24O2. The quantitative estimate of drug-likeness (QED) is 0.661. The maximum atomic E-state index is 12.3. The number of hydrogen-bond donors (Lipinski definition) is 0. The van der Waals surface area contributed by atoms with E-state index in [4.69, 9.17) is 4.74 Å². The number of rotatable bonds is 7. The van der Waals surface area contributed by atoms with Crippen LogP contribution in [0.2, 0.25) is 0 Å². The molecule has 1 heterocycles. The lowest BCUT2D eigenvalue weighted by atomic mass is 9.78. The average Bonchev–Trinajstić information content (AvgIpc) is 3.11. The molecule has 2 fully saturated rings. The molecule has 92 valence electrons. The Morgan fingerprint density at radius 1 is 1.19 bits per heavy atom. The molecule has 1 saturated heterocycles. The topological polar surface area (TPSA) is 26.3 Å². The summed E-state index contributed by atoms with van der Waals surface area (Å²) in [6.07, 6.45) is 8.82. The molecule has 1 atom stereocenters. The van der Waals surface area contributed by atoms with Gasteiger partial charge >= 0.3 is 0 Å². The minimum absolute atomic E-state index is 0.0197. The number of unbranched alkanes of at least 4 members (excludes halogenated alkanes) is 2. The Hall–Kier alpha value is -0.370. The Labute approximate surface area is 98.7 Å². The van der Waals surface area contributed by atoms with Gasteiger partial charge in [-0.25, -0.2) is 0 Å². The van der Waals surface area contributed by atoms with Crippen LogP contribution in [0.4, 0.5) is 0 Å². The molecule has 0 amide bonds. The average molecular weight is 224 g/mol. The van der Waals surface area contributed by atoms with E-state index in [1.165, 1.54) is 12.8 Å². The Kier molecular flexibility index (Phi) is 3.68. The third kappa shape index (κ3) is 2.17. The van der Waals surface area contributed by atoms with Gasteiger partial charge in [0, 0.05) is 0 Å². The Morgan fingerprint density at radius 3 is 2.12 bits per heavy atom. The molecular weight excluding hydrogens is 200 g/mol. The smallest absolute Gasteiger partial charge is 0.193 e. The number of ether oxygens (including phenoxy) is 1. The molecule has 2 rings (SSSR count). The fourth-order valence-corrected chi connectivity index (χ4v) is 2.68. The minimum atomic E-state index is -0.362. The normalized spacial score (nSPS) is 27.9. The zero-order chi connectivity index (χ0) is 11.6. The number of carbonyl (C=O) groups excluding carboxylic acids is 1. The number of hydrogen-bond acceptors (Lipinski definition) is 2. The van der Waals surface area contributed by atoms with E-state index < -0.39 is 0 Å². The summed E-state index contributed by atoms with van der Waals surface area (Å²) in [4.78, 5) is 12.3. The van der Waals surface area contributed by atoms with Crippen molar-refractivity contribution in [1.82, 2.24) is 0 Å². The van der Waals surface area contributed by atoms with E-state index in [9.17, 15) is 4.79 Å². The second-order valence-electron chi connectivity index (χ2n) is 5.44. The summed E-state index contributed by atoms with van der Waals surface area (Å²) < 4.78 is 6.02. The van der Waals surface area contributed by atoms with E-state index in [0.717, 1.165) is 38.5 Å².